The molecule has 16 heavy (non-hydrogen) atoms. The van der Waals surface area contributed by atoms with E-state index < -0.39 is 0 Å². The van der Waals surface area contributed by atoms with E-state index in [1.54, 1.807) is 13.8 Å². The molecule has 0 aromatic heterocycles. The third kappa shape index (κ3) is 5.73. The van der Waals surface area contributed by atoms with E-state index >= 15 is 0 Å². The highest BCUT2D eigenvalue weighted by molar-refractivity contribution is 5.73. The average molecular weight is 229 g/mol. The van der Waals surface area contributed by atoms with Gasteiger partial charge in [-0.1, -0.05) is 27.7 Å². The van der Waals surface area contributed by atoms with Crippen LogP contribution in [-0.2, 0) is 19.1 Å². The zero-order valence-electron chi connectivity index (χ0n) is 10.5. The standard InChI is InChI=1S/C12H21O4/c1-5-10(6-2)12(14)16-8-7-15-11(13)9(3)4/h8-10H,5-7H2,1-4H3. The molecule has 4 heteroatoms. The zero-order chi connectivity index (χ0) is 12.6. The molecular weight excluding hydrogens is 208 g/mol. The van der Waals surface area contributed by atoms with Gasteiger partial charge in [0.05, 0.1) is 11.8 Å². The molecule has 0 bridgehead atoms. The number of ether oxygens (including phenoxy) is 2. The lowest BCUT2D eigenvalue weighted by Crippen LogP contribution is -2.18. The van der Waals surface area contributed by atoms with E-state index in [2.05, 4.69) is 0 Å². The maximum absolute atomic E-state index is 11.4. The third-order valence-corrected chi connectivity index (χ3v) is 2.28. The van der Waals surface area contributed by atoms with Crippen LogP contribution in [-0.4, -0.2) is 18.5 Å². The Morgan fingerprint density at radius 3 is 2.12 bits per heavy atom. The number of hydrogen-bond donors (Lipinski definition) is 0. The molecule has 93 valence electrons. The van der Waals surface area contributed by atoms with Gasteiger partial charge in [0.2, 0.25) is 0 Å². The SMILES string of the molecule is CCC(CC)C(=O)O[CH]COC(=O)C(C)C. The molecule has 0 amide bonds. The van der Waals surface area contributed by atoms with E-state index in [0.29, 0.717) is 0 Å². The summed E-state index contributed by atoms with van der Waals surface area (Å²) in [5.74, 6) is -0.791. The first kappa shape index (κ1) is 14.9. The normalized spacial score (nSPS) is 10.6. The minimum atomic E-state index is -0.296. The van der Waals surface area contributed by atoms with Crippen LogP contribution in [0.4, 0.5) is 0 Å². The van der Waals surface area contributed by atoms with Crippen LogP contribution in [0.25, 0.3) is 0 Å². The molecule has 0 fully saturated rings. The second-order valence-corrected chi connectivity index (χ2v) is 3.90. The topological polar surface area (TPSA) is 52.6 Å². The Morgan fingerprint density at radius 1 is 1.12 bits per heavy atom. The van der Waals surface area contributed by atoms with Crippen molar-refractivity contribution in [2.24, 2.45) is 11.8 Å². The van der Waals surface area contributed by atoms with Gasteiger partial charge in [-0.25, -0.2) is 0 Å². The number of hydrogen-bond acceptors (Lipinski definition) is 4. The molecule has 0 atom stereocenters. The molecule has 0 saturated heterocycles. The quantitative estimate of drug-likeness (QED) is 0.496. The van der Waals surface area contributed by atoms with Gasteiger partial charge in [0.15, 0.2) is 6.61 Å². The lowest BCUT2D eigenvalue weighted by Gasteiger charge is -2.11. The Labute approximate surface area is 97.3 Å². The Kier molecular flexibility index (Phi) is 7.60. The fourth-order valence-corrected chi connectivity index (χ4v) is 1.12. The molecule has 0 saturated carbocycles. The molecule has 0 unspecified atom stereocenters. The molecule has 0 rings (SSSR count). The summed E-state index contributed by atoms with van der Waals surface area (Å²) < 4.78 is 9.70. The van der Waals surface area contributed by atoms with Crippen molar-refractivity contribution in [3.63, 3.8) is 0 Å². The molecule has 0 aliphatic heterocycles. The summed E-state index contributed by atoms with van der Waals surface area (Å²) in [6.07, 6.45) is 1.52. The van der Waals surface area contributed by atoms with E-state index in [1.807, 2.05) is 13.8 Å². The van der Waals surface area contributed by atoms with Gasteiger partial charge in [-0.2, -0.15) is 0 Å². The number of rotatable bonds is 7. The van der Waals surface area contributed by atoms with E-state index in [-0.39, 0.29) is 30.4 Å². The van der Waals surface area contributed by atoms with Gasteiger partial charge in [0.25, 0.3) is 0 Å². The van der Waals surface area contributed by atoms with E-state index in [1.165, 1.54) is 6.61 Å². The Hall–Kier alpha value is -1.06. The van der Waals surface area contributed by atoms with Crippen LogP contribution in [0.1, 0.15) is 40.5 Å². The van der Waals surface area contributed by atoms with Gasteiger partial charge in [-0.15, -0.1) is 0 Å². The highest BCUT2D eigenvalue weighted by Gasteiger charge is 2.16. The van der Waals surface area contributed by atoms with E-state index in [0.717, 1.165) is 12.8 Å². The van der Waals surface area contributed by atoms with Crippen LogP contribution >= 0.6 is 0 Å². The molecule has 1 radical (unpaired) electrons. The van der Waals surface area contributed by atoms with Crippen molar-refractivity contribution in [3.8, 4) is 0 Å². The van der Waals surface area contributed by atoms with Gasteiger partial charge >= 0.3 is 11.9 Å². The van der Waals surface area contributed by atoms with Crippen LogP contribution < -0.4 is 0 Å². The van der Waals surface area contributed by atoms with Crippen molar-refractivity contribution in [1.29, 1.82) is 0 Å². The smallest absolute Gasteiger partial charge is 0.309 e. The molecule has 0 spiro atoms. The molecule has 0 heterocycles. The van der Waals surface area contributed by atoms with Crippen molar-refractivity contribution in [2.45, 2.75) is 40.5 Å². The first-order valence-corrected chi connectivity index (χ1v) is 5.71. The maximum atomic E-state index is 11.4. The highest BCUT2D eigenvalue weighted by atomic mass is 16.6. The van der Waals surface area contributed by atoms with Crippen molar-refractivity contribution in [2.75, 3.05) is 6.61 Å². The summed E-state index contributed by atoms with van der Waals surface area (Å²) in [6, 6.07) is 0. The summed E-state index contributed by atoms with van der Waals surface area (Å²) in [4.78, 5) is 22.4. The monoisotopic (exact) mass is 229 g/mol. The average Bonchev–Trinajstić information content (AvgIpc) is 2.25. The van der Waals surface area contributed by atoms with Crippen LogP contribution in [0.5, 0.6) is 0 Å². The lowest BCUT2D eigenvalue weighted by atomic mass is 10.0. The largest absolute Gasteiger partial charge is 0.461 e. The minimum Gasteiger partial charge on any atom is -0.461 e. The summed E-state index contributed by atoms with van der Waals surface area (Å²) in [5.41, 5.74) is 0. The highest BCUT2D eigenvalue weighted by Crippen LogP contribution is 2.10. The van der Waals surface area contributed by atoms with Crippen molar-refractivity contribution < 1.29 is 19.1 Å². The van der Waals surface area contributed by atoms with E-state index in [4.69, 9.17) is 9.47 Å². The Balaban J connectivity index is 3.66. The Bertz CT molecular complexity index is 219. The molecular formula is C12H21O4. The van der Waals surface area contributed by atoms with Crippen LogP contribution in [0.2, 0.25) is 0 Å². The second kappa shape index (κ2) is 8.13. The summed E-state index contributed by atoms with van der Waals surface area (Å²) in [6.45, 7) is 8.63. The van der Waals surface area contributed by atoms with Crippen LogP contribution in [0.15, 0.2) is 0 Å². The summed E-state index contributed by atoms with van der Waals surface area (Å²) >= 11 is 0. The number of esters is 2. The van der Waals surface area contributed by atoms with Gasteiger partial charge in [-0.05, 0) is 12.8 Å². The number of carbonyl (C=O) groups excluding carboxylic acids is 2. The van der Waals surface area contributed by atoms with Crippen LogP contribution in [0, 0.1) is 18.4 Å². The summed E-state index contributed by atoms with van der Waals surface area (Å²) in [5, 5.41) is 0. The first-order valence-electron chi connectivity index (χ1n) is 5.71. The predicted molar refractivity (Wildman–Crippen MR) is 60.3 cm³/mol. The minimum absolute atomic E-state index is 0.0168. The first-order chi connectivity index (χ1) is 7.52. The fraction of sp³-hybridized carbons (Fsp3) is 0.750. The maximum Gasteiger partial charge on any atom is 0.309 e. The predicted octanol–water partition coefficient (Wildman–Crippen LogP) is 2.33. The van der Waals surface area contributed by atoms with Crippen molar-refractivity contribution >= 4 is 11.9 Å². The second-order valence-electron chi connectivity index (χ2n) is 3.90. The molecule has 0 aliphatic rings. The fourth-order valence-electron chi connectivity index (χ4n) is 1.12. The molecule has 0 N–H and O–H groups in total. The Morgan fingerprint density at radius 2 is 1.69 bits per heavy atom. The summed E-state index contributed by atoms with van der Waals surface area (Å²) in [7, 11) is 0. The van der Waals surface area contributed by atoms with Gasteiger partial charge in [-0.3, -0.25) is 9.59 Å². The van der Waals surface area contributed by atoms with Gasteiger partial charge in [0.1, 0.15) is 6.61 Å². The van der Waals surface area contributed by atoms with Crippen molar-refractivity contribution in [1.82, 2.24) is 0 Å². The van der Waals surface area contributed by atoms with Crippen LogP contribution in [0.3, 0.4) is 0 Å². The molecule has 0 aliphatic carbocycles. The number of carbonyl (C=O) groups is 2. The molecule has 0 aromatic carbocycles. The third-order valence-electron chi connectivity index (χ3n) is 2.28. The molecule has 4 nitrogen and oxygen atoms in total. The molecule has 0 aromatic rings. The van der Waals surface area contributed by atoms with Gasteiger partial charge in [0, 0.05) is 0 Å². The zero-order valence-corrected chi connectivity index (χ0v) is 10.5. The van der Waals surface area contributed by atoms with E-state index in [9.17, 15) is 9.59 Å². The van der Waals surface area contributed by atoms with Crippen molar-refractivity contribution in [3.05, 3.63) is 6.61 Å². The van der Waals surface area contributed by atoms with Gasteiger partial charge < -0.3 is 9.47 Å². The lowest BCUT2D eigenvalue weighted by molar-refractivity contribution is -0.152.